The van der Waals surface area contributed by atoms with E-state index in [4.69, 9.17) is 9.47 Å². The van der Waals surface area contributed by atoms with Crippen molar-refractivity contribution in [2.45, 2.75) is 12.2 Å². The van der Waals surface area contributed by atoms with Crippen LogP contribution in [0.25, 0.3) is 0 Å². The van der Waals surface area contributed by atoms with Gasteiger partial charge in [-0.15, -0.1) is 0 Å². The van der Waals surface area contributed by atoms with E-state index < -0.39 is 0 Å². The summed E-state index contributed by atoms with van der Waals surface area (Å²) >= 11 is 0. The van der Waals surface area contributed by atoms with Gasteiger partial charge in [0, 0.05) is 38.0 Å². The van der Waals surface area contributed by atoms with E-state index in [0.29, 0.717) is 18.1 Å². The van der Waals surface area contributed by atoms with Crippen LogP contribution in [0.15, 0.2) is 17.3 Å². The fourth-order valence-electron chi connectivity index (χ4n) is 1.92. The van der Waals surface area contributed by atoms with Crippen LogP contribution in [-0.4, -0.2) is 56.2 Å². The first kappa shape index (κ1) is 9.51. The Labute approximate surface area is 89.6 Å². The zero-order valence-electron chi connectivity index (χ0n) is 8.71. The highest BCUT2D eigenvalue weighted by Crippen LogP contribution is 2.17. The number of rotatable bonds is 6. The first-order valence-electron chi connectivity index (χ1n) is 5.56. The van der Waals surface area contributed by atoms with Gasteiger partial charge in [-0.2, -0.15) is 0 Å². The van der Waals surface area contributed by atoms with Gasteiger partial charge in [0.25, 0.3) is 0 Å². The lowest BCUT2D eigenvalue weighted by molar-refractivity contribution is 0.215. The second-order valence-electron chi connectivity index (χ2n) is 4.43. The average molecular weight is 208 g/mol. The number of aliphatic imine (C=N–C) groups is 1. The quantitative estimate of drug-likeness (QED) is 0.589. The number of epoxide rings is 2. The second-order valence-corrected chi connectivity index (χ2v) is 4.43. The lowest BCUT2D eigenvalue weighted by atomic mass is 10.1. The zero-order valence-corrected chi connectivity index (χ0v) is 8.71. The molecule has 4 nitrogen and oxygen atoms in total. The molecule has 3 aliphatic heterocycles. The number of ether oxygens (including phenoxy) is 2. The van der Waals surface area contributed by atoms with Crippen molar-refractivity contribution in [2.24, 2.45) is 10.9 Å². The molecule has 0 aromatic rings. The highest BCUT2D eigenvalue weighted by Gasteiger charge is 2.31. The summed E-state index contributed by atoms with van der Waals surface area (Å²) in [6.07, 6.45) is 6.96. The molecule has 82 valence electrons. The Hall–Kier alpha value is -0.710. The third-order valence-corrected chi connectivity index (χ3v) is 2.89. The molecule has 0 aromatic heterocycles. The molecule has 0 saturated carbocycles. The van der Waals surface area contributed by atoms with Gasteiger partial charge < -0.3 is 9.47 Å². The van der Waals surface area contributed by atoms with Crippen molar-refractivity contribution in [3.05, 3.63) is 12.3 Å². The van der Waals surface area contributed by atoms with Crippen LogP contribution in [0.4, 0.5) is 0 Å². The van der Waals surface area contributed by atoms with Gasteiger partial charge in [0.2, 0.25) is 0 Å². The van der Waals surface area contributed by atoms with Crippen LogP contribution >= 0.6 is 0 Å². The van der Waals surface area contributed by atoms with E-state index in [1.165, 1.54) is 0 Å². The Kier molecular flexibility index (Phi) is 2.56. The molecule has 3 aliphatic rings. The molecule has 2 saturated heterocycles. The summed E-state index contributed by atoms with van der Waals surface area (Å²) in [6, 6.07) is 0. The predicted molar refractivity (Wildman–Crippen MR) is 57.0 cm³/mol. The minimum Gasteiger partial charge on any atom is -0.372 e. The predicted octanol–water partition coefficient (Wildman–Crippen LogP) is 0.300. The van der Waals surface area contributed by atoms with Crippen LogP contribution in [0.5, 0.6) is 0 Å². The van der Waals surface area contributed by atoms with Gasteiger partial charge in [0.15, 0.2) is 0 Å². The minimum atomic E-state index is 0.464. The standard InChI is InChI=1S/C11H16N2O2/c1-2-12-3-9(1)4-13(5-10-7-14-10)6-11-8-15-11/h1-3,9-11H,4-8H2. The molecular weight excluding hydrogens is 192 g/mol. The van der Waals surface area contributed by atoms with Gasteiger partial charge >= 0.3 is 0 Å². The van der Waals surface area contributed by atoms with Crippen molar-refractivity contribution in [1.29, 1.82) is 0 Å². The lowest BCUT2D eigenvalue weighted by Crippen LogP contribution is -2.35. The van der Waals surface area contributed by atoms with Gasteiger partial charge in [-0.25, -0.2) is 0 Å². The van der Waals surface area contributed by atoms with Crippen molar-refractivity contribution in [2.75, 3.05) is 32.8 Å². The number of hydrogen-bond donors (Lipinski definition) is 0. The molecule has 0 aliphatic carbocycles. The Morgan fingerprint density at radius 1 is 1.13 bits per heavy atom. The molecule has 0 aromatic carbocycles. The van der Waals surface area contributed by atoms with E-state index in [1.54, 1.807) is 0 Å². The van der Waals surface area contributed by atoms with Crippen molar-refractivity contribution in [3.8, 4) is 0 Å². The smallest absolute Gasteiger partial charge is 0.0936 e. The Bertz CT molecular complexity index is 256. The SMILES string of the molecule is C1=CC(CN(CC2CO2)CC2CO2)C=N1. The summed E-state index contributed by atoms with van der Waals surface area (Å²) in [5, 5.41) is 0. The number of nitrogens with zero attached hydrogens (tertiary/aromatic N) is 2. The van der Waals surface area contributed by atoms with E-state index in [-0.39, 0.29) is 0 Å². The average Bonchev–Trinajstić information content (AvgIpc) is 3.12. The van der Waals surface area contributed by atoms with Crippen LogP contribution in [0.3, 0.4) is 0 Å². The van der Waals surface area contributed by atoms with Gasteiger partial charge in [-0.1, -0.05) is 6.08 Å². The second kappa shape index (κ2) is 4.04. The molecule has 0 amide bonds. The van der Waals surface area contributed by atoms with Crippen molar-refractivity contribution < 1.29 is 9.47 Å². The highest BCUT2D eigenvalue weighted by molar-refractivity contribution is 5.67. The molecule has 15 heavy (non-hydrogen) atoms. The first-order chi connectivity index (χ1) is 7.40. The molecule has 3 unspecified atom stereocenters. The van der Waals surface area contributed by atoms with Gasteiger partial charge in [-0.05, 0) is 0 Å². The molecule has 4 heteroatoms. The third kappa shape index (κ3) is 2.87. The topological polar surface area (TPSA) is 40.7 Å². The molecule has 3 rings (SSSR count). The van der Waals surface area contributed by atoms with E-state index in [0.717, 1.165) is 32.8 Å². The first-order valence-corrected chi connectivity index (χ1v) is 5.56. The lowest BCUT2D eigenvalue weighted by Gasteiger charge is -2.22. The van der Waals surface area contributed by atoms with Crippen molar-refractivity contribution >= 4 is 6.21 Å². The summed E-state index contributed by atoms with van der Waals surface area (Å²) in [5.41, 5.74) is 0. The van der Waals surface area contributed by atoms with Crippen LogP contribution in [-0.2, 0) is 9.47 Å². The molecule has 0 bridgehead atoms. The summed E-state index contributed by atoms with van der Waals surface area (Å²) < 4.78 is 10.5. The van der Waals surface area contributed by atoms with E-state index in [2.05, 4.69) is 16.0 Å². The maximum atomic E-state index is 5.27. The van der Waals surface area contributed by atoms with Crippen LogP contribution in [0.1, 0.15) is 0 Å². The molecule has 3 heterocycles. The van der Waals surface area contributed by atoms with Crippen molar-refractivity contribution in [3.63, 3.8) is 0 Å². The zero-order chi connectivity index (χ0) is 10.1. The molecule has 3 atom stereocenters. The molecule has 0 spiro atoms. The fourth-order valence-corrected chi connectivity index (χ4v) is 1.92. The van der Waals surface area contributed by atoms with Crippen LogP contribution in [0.2, 0.25) is 0 Å². The highest BCUT2D eigenvalue weighted by atomic mass is 16.6. The largest absolute Gasteiger partial charge is 0.372 e. The molecule has 2 fully saturated rings. The van der Waals surface area contributed by atoms with Crippen LogP contribution in [0, 0.1) is 5.92 Å². The van der Waals surface area contributed by atoms with Crippen molar-refractivity contribution in [1.82, 2.24) is 4.90 Å². The van der Waals surface area contributed by atoms with Gasteiger partial charge in [0.05, 0.1) is 25.4 Å². The molecule has 0 N–H and O–H groups in total. The molecular formula is C11H16N2O2. The maximum Gasteiger partial charge on any atom is 0.0936 e. The Morgan fingerprint density at radius 2 is 1.80 bits per heavy atom. The van der Waals surface area contributed by atoms with Gasteiger partial charge in [0.1, 0.15) is 0 Å². The fraction of sp³-hybridized carbons (Fsp3) is 0.727. The summed E-state index contributed by atoms with van der Waals surface area (Å²) in [7, 11) is 0. The summed E-state index contributed by atoms with van der Waals surface area (Å²) in [6.45, 7) is 4.98. The monoisotopic (exact) mass is 208 g/mol. The summed E-state index contributed by atoms with van der Waals surface area (Å²) in [5.74, 6) is 0.475. The normalized spacial score (nSPS) is 36.5. The minimum absolute atomic E-state index is 0.464. The Balaban J connectivity index is 1.50. The van der Waals surface area contributed by atoms with E-state index >= 15 is 0 Å². The third-order valence-electron chi connectivity index (χ3n) is 2.89. The van der Waals surface area contributed by atoms with Gasteiger partial charge in [-0.3, -0.25) is 9.89 Å². The van der Waals surface area contributed by atoms with E-state index in [9.17, 15) is 0 Å². The van der Waals surface area contributed by atoms with E-state index in [1.807, 2.05) is 12.4 Å². The maximum absolute atomic E-state index is 5.27. The Morgan fingerprint density at radius 3 is 2.27 bits per heavy atom. The number of hydrogen-bond acceptors (Lipinski definition) is 4. The van der Waals surface area contributed by atoms with Crippen LogP contribution < -0.4 is 0 Å². The summed E-state index contributed by atoms with van der Waals surface area (Å²) in [4.78, 5) is 6.54. The molecule has 0 radical (unpaired) electrons.